The number of hydrogen-bond acceptors (Lipinski definition) is 3. The van der Waals surface area contributed by atoms with Gasteiger partial charge in [0.25, 0.3) is 0 Å². The fourth-order valence-corrected chi connectivity index (χ4v) is 2.04. The number of nitrogens with one attached hydrogen (secondary N) is 1. The Labute approximate surface area is 121 Å². The summed E-state index contributed by atoms with van der Waals surface area (Å²) in [6, 6.07) is 7.49. The Hall–Kier alpha value is -1.55. The Morgan fingerprint density at radius 1 is 1.35 bits per heavy atom. The maximum absolute atomic E-state index is 11.8. The van der Waals surface area contributed by atoms with Gasteiger partial charge in [-0.1, -0.05) is 38.8 Å². The molecule has 0 aliphatic heterocycles. The molecule has 1 rings (SSSR count). The maximum Gasteiger partial charge on any atom is 0.411 e. The third-order valence-electron chi connectivity index (χ3n) is 3.27. The quantitative estimate of drug-likeness (QED) is 0.705. The van der Waals surface area contributed by atoms with Gasteiger partial charge >= 0.3 is 6.09 Å². The van der Waals surface area contributed by atoms with Crippen LogP contribution in [0.4, 0.5) is 10.5 Å². The van der Waals surface area contributed by atoms with Crippen LogP contribution in [0.1, 0.15) is 51.5 Å². The number of benzene rings is 1. The number of rotatable bonds is 8. The fraction of sp³-hybridized carbons (Fsp3) is 0.562. The molecule has 112 valence electrons. The van der Waals surface area contributed by atoms with Crippen LogP contribution in [0.25, 0.3) is 0 Å². The molecule has 1 aromatic carbocycles. The van der Waals surface area contributed by atoms with E-state index in [2.05, 4.69) is 12.2 Å². The van der Waals surface area contributed by atoms with Crippen molar-refractivity contribution < 1.29 is 9.53 Å². The number of carbonyl (C=O) groups is 1. The number of hydrogen-bond donors (Lipinski definition) is 2. The van der Waals surface area contributed by atoms with Crippen LogP contribution in [0, 0.1) is 0 Å². The molecule has 20 heavy (non-hydrogen) atoms. The van der Waals surface area contributed by atoms with E-state index in [1.54, 1.807) is 0 Å². The van der Waals surface area contributed by atoms with E-state index in [1.165, 1.54) is 12.8 Å². The van der Waals surface area contributed by atoms with Gasteiger partial charge in [-0.3, -0.25) is 5.32 Å². The number of nitrogens with two attached hydrogens (primary N) is 1. The summed E-state index contributed by atoms with van der Waals surface area (Å²) in [5, 5.41) is 2.76. The van der Waals surface area contributed by atoms with Crippen LogP contribution in [0.15, 0.2) is 24.3 Å². The first kappa shape index (κ1) is 16.5. The van der Waals surface area contributed by atoms with Crippen molar-refractivity contribution in [2.75, 3.05) is 5.32 Å². The Kier molecular flexibility index (Phi) is 7.73. The Bertz CT molecular complexity index is 407. The van der Waals surface area contributed by atoms with E-state index in [9.17, 15) is 4.79 Å². The molecular weight excluding hydrogens is 252 g/mol. The lowest BCUT2D eigenvalue weighted by molar-refractivity contribution is 0.101. The van der Waals surface area contributed by atoms with E-state index in [1.807, 2.05) is 31.2 Å². The van der Waals surface area contributed by atoms with Crippen LogP contribution in [0.3, 0.4) is 0 Å². The van der Waals surface area contributed by atoms with Crippen molar-refractivity contribution in [3.05, 3.63) is 29.8 Å². The molecule has 1 amide bonds. The Morgan fingerprint density at radius 3 is 2.80 bits per heavy atom. The predicted octanol–water partition coefficient (Wildman–Crippen LogP) is 4.05. The van der Waals surface area contributed by atoms with Gasteiger partial charge in [0.15, 0.2) is 0 Å². The second-order valence-corrected chi connectivity index (χ2v) is 4.96. The van der Waals surface area contributed by atoms with Crippen molar-refractivity contribution in [1.29, 1.82) is 0 Å². The third-order valence-corrected chi connectivity index (χ3v) is 3.27. The molecule has 0 aliphatic carbocycles. The monoisotopic (exact) mass is 278 g/mol. The van der Waals surface area contributed by atoms with Crippen molar-refractivity contribution in [2.45, 2.75) is 58.6 Å². The van der Waals surface area contributed by atoms with Crippen molar-refractivity contribution >= 4 is 11.8 Å². The van der Waals surface area contributed by atoms with Crippen molar-refractivity contribution in [2.24, 2.45) is 5.73 Å². The summed E-state index contributed by atoms with van der Waals surface area (Å²) in [6.07, 6.45) is 4.85. The molecule has 1 atom stereocenters. The molecule has 0 heterocycles. The van der Waals surface area contributed by atoms with Gasteiger partial charge in [0.05, 0.1) is 0 Å². The molecule has 0 saturated heterocycles. The van der Waals surface area contributed by atoms with Gasteiger partial charge < -0.3 is 10.5 Å². The minimum absolute atomic E-state index is 0.000703. The summed E-state index contributed by atoms with van der Waals surface area (Å²) >= 11 is 0. The van der Waals surface area contributed by atoms with Gasteiger partial charge in [0, 0.05) is 12.2 Å². The summed E-state index contributed by atoms with van der Waals surface area (Å²) in [7, 11) is 0. The first-order chi connectivity index (χ1) is 9.69. The van der Waals surface area contributed by atoms with E-state index in [0.29, 0.717) is 6.54 Å². The van der Waals surface area contributed by atoms with Crippen molar-refractivity contribution in [3.8, 4) is 0 Å². The molecule has 0 fully saturated rings. The number of carbonyl (C=O) groups excluding carboxylic acids is 1. The SMILES string of the molecule is CCCCCC(CC)OC(=O)Nc1cccc(CN)c1. The zero-order chi connectivity index (χ0) is 14.8. The van der Waals surface area contributed by atoms with Crippen LogP contribution < -0.4 is 11.1 Å². The average molecular weight is 278 g/mol. The molecule has 0 bridgehead atoms. The highest BCUT2D eigenvalue weighted by molar-refractivity contribution is 5.84. The smallest absolute Gasteiger partial charge is 0.411 e. The molecule has 0 spiro atoms. The van der Waals surface area contributed by atoms with Crippen molar-refractivity contribution in [3.63, 3.8) is 0 Å². The minimum atomic E-state index is -0.387. The largest absolute Gasteiger partial charge is 0.446 e. The number of unbranched alkanes of at least 4 members (excludes halogenated alkanes) is 2. The fourth-order valence-electron chi connectivity index (χ4n) is 2.04. The third kappa shape index (κ3) is 6.06. The highest BCUT2D eigenvalue weighted by Crippen LogP contribution is 2.13. The first-order valence-electron chi connectivity index (χ1n) is 7.46. The molecule has 0 aliphatic rings. The zero-order valence-electron chi connectivity index (χ0n) is 12.5. The molecule has 0 saturated carbocycles. The molecule has 0 aromatic heterocycles. The standard InChI is InChI=1S/C16H26N2O2/c1-3-5-6-10-15(4-2)20-16(19)18-14-9-7-8-13(11-14)12-17/h7-9,11,15H,3-6,10,12,17H2,1-2H3,(H,18,19). The number of anilines is 1. The molecular formula is C16H26N2O2. The van der Waals surface area contributed by atoms with E-state index in [-0.39, 0.29) is 12.2 Å². The minimum Gasteiger partial charge on any atom is -0.446 e. The number of amides is 1. The summed E-state index contributed by atoms with van der Waals surface area (Å²) in [6.45, 7) is 4.66. The lowest BCUT2D eigenvalue weighted by Gasteiger charge is -2.16. The van der Waals surface area contributed by atoms with Crippen LogP contribution >= 0.6 is 0 Å². The summed E-state index contributed by atoms with van der Waals surface area (Å²) in [5.41, 5.74) is 7.28. The van der Waals surface area contributed by atoms with Crippen LogP contribution in [0.2, 0.25) is 0 Å². The van der Waals surface area contributed by atoms with Gasteiger partial charge in [-0.25, -0.2) is 4.79 Å². The molecule has 4 heteroatoms. The Balaban J connectivity index is 2.44. The second-order valence-electron chi connectivity index (χ2n) is 4.96. The van der Waals surface area contributed by atoms with Crippen LogP contribution in [0.5, 0.6) is 0 Å². The van der Waals surface area contributed by atoms with E-state index in [0.717, 1.165) is 30.5 Å². The topological polar surface area (TPSA) is 64.3 Å². The summed E-state index contributed by atoms with van der Waals surface area (Å²) in [5.74, 6) is 0. The predicted molar refractivity (Wildman–Crippen MR) is 82.7 cm³/mol. The highest BCUT2D eigenvalue weighted by atomic mass is 16.6. The number of ether oxygens (including phenoxy) is 1. The van der Waals surface area contributed by atoms with E-state index < -0.39 is 0 Å². The summed E-state index contributed by atoms with van der Waals surface area (Å²) < 4.78 is 5.44. The lowest BCUT2D eigenvalue weighted by atomic mass is 10.1. The van der Waals surface area contributed by atoms with Crippen molar-refractivity contribution in [1.82, 2.24) is 0 Å². The summed E-state index contributed by atoms with van der Waals surface area (Å²) in [4.78, 5) is 11.8. The zero-order valence-corrected chi connectivity index (χ0v) is 12.5. The molecule has 4 nitrogen and oxygen atoms in total. The molecule has 1 unspecified atom stereocenters. The van der Waals surface area contributed by atoms with Gasteiger partial charge in [-0.2, -0.15) is 0 Å². The van der Waals surface area contributed by atoms with Crippen LogP contribution in [-0.2, 0) is 11.3 Å². The second kappa shape index (κ2) is 9.37. The highest BCUT2D eigenvalue weighted by Gasteiger charge is 2.12. The van der Waals surface area contributed by atoms with Gasteiger partial charge in [0.1, 0.15) is 6.10 Å². The normalized spacial score (nSPS) is 11.9. The maximum atomic E-state index is 11.8. The van der Waals surface area contributed by atoms with E-state index >= 15 is 0 Å². The van der Waals surface area contributed by atoms with Gasteiger partial charge in [-0.05, 0) is 37.0 Å². The molecule has 0 radical (unpaired) electrons. The Morgan fingerprint density at radius 2 is 2.15 bits per heavy atom. The first-order valence-corrected chi connectivity index (χ1v) is 7.46. The lowest BCUT2D eigenvalue weighted by Crippen LogP contribution is -2.22. The van der Waals surface area contributed by atoms with Gasteiger partial charge in [-0.15, -0.1) is 0 Å². The molecule has 1 aromatic rings. The van der Waals surface area contributed by atoms with E-state index in [4.69, 9.17) is 10.5 Å². The molecule has 3 N–H and O–H groups in total. The average Bonchev–Trinajstić information content (AvgIpc) is 2.46. The van der Waals surface area contributed by atoms with Gasteiger partial charge in [0.2, 0.25) is 0 Å². The van der Waals surface area contributed by atoms with Crippen LogP contribution in [-0.4, -0.2) is 12.2 Å².